The van der Waals surface area contributed by atoms with E-state index in [1.54, 1.807) is 0 Å². The highest BCUT2D eigenvalue weighted by Crippen LogP contribution is 2.07. The highest BCUT2D eigenvalue weighted by Gasteiger charge is 2.07. The van der Waals surface area contributed by atoms with Gasteiger partial charge in [0.15, 0.2) is 0 Å². The van der Waals surface area contributed by atoms with Crippen molar-refractivity contribution in [3.8, 4) is 0 Å². The quantitative estimate of drug-likeness (QED) is 0.385. The monoisotopic (exact) mass is 175 g/mol. The van der Waals surface area contributed by atoms with Crippen LogP contribution in [0.1, 0.15) is 0 Å². The Hall–Kier alpha value is -1.03. The van der Waals surface area contributed by atoms with Crippen molar-refractivity contribution >= 4 is 23.7 Å². The van der Waals surface area contributed by atoms with Gasteiger partial charge in [-0.3, -0.25) is 4.79 Å². The maximum absolute atomic E-state index is 10.8. The number of likely N-dealkylation sites (N-methyl/N-ethyl adjacent to an activating group) is 1. The molecule has 5 heteroatoms. The summed E-state index contributed by atoms with van der Waals surface area (Å²) in [6.45, 7) is 0. The SMILES string of the molecule is CNC(=O)/C(Cl)=C(\C=[N-])OC. The van der Waals surface area contributed by atoms with Gasteiger partial charge in [0.25, 0.3) is 5.91 Å². The van der Waals surface area contributed by atoms with Crippen LogP contribution in [0.4, 0.5) is 0 Å². The molecule has 0 spiro atoms. The molecule has 0 saturated carbocycles. The van der Waals surface area contributed by atoms with E-state index >= 15 is 0 Å². The van der Waals surface area contributed by atoms with Crippen LogP contribution >= 0.6 is 11.6 Å². The molecule has 4 nitrogen and oxygen atoms in total. The molecule has 0 aromatic heterocycles. The second-order valence-electron chi connectivity index (χ2n) is 1.59. The molecular weight excluding hydrogens is 168 g/mol. The van der Waals surface area contributed by atoms with Crippen molar-refractivity contribution in [2.24, 2.45) is 0 Å². The summed E-state index contributed by atoms with van der Waals surface area (Å²) in [5, 5.41) is 10.6. The van der Waals surface area contributed by atoms with Gasteiger partial charge in [0.1, 0.15) is 10.8 Å². The van der Waals surface area contributed by atoms with Crippen molar-refractivity contribution in [3.63, 3.8) is 0 Å². The third-order valence-electron chi connectivity index (χ3n) is 0.980. The minimum Gasteiger partial charge on any atom is -0.808 e. The smallest absolute Gasteiger partial charge is 0.266 e. The number of halogens is 1. The van der Waals surface area contributed by atoms with Gasteiger partial charge in [-0.1, -0.05) is 11.6 Å². The summed E-state index contributed by atoms with van der Waals surface area (Å²) < 4.78 is 4.57. The first-order chi connectivity index (χ1) is 5.17. The number of hydrogen-bond donors (Lipinski definition) is 1. The highest BCUT2D eigenvalue weighted by molar-refractivity contribution is 6.43. The summed E-state index contributed by atoms with van der Waals surface area (Å²) in [7, 11) is 2.72. The van der Waals surface area contributed by atoms with Crippen LogP contribution < -0.4 is 5.32 Å². The molecule has 0 rings (SSSR count). The number of carbonyl (C=O) groups is 1. The number of carbonyl (C=O) groups excluding carboxylic acids is 1. The van der Waals surface area contributed by atoms with Crippen LogP contribution in [0.5, 0.6) is 0 Å². The van der Waals surface area contributed by atoms with Crippen molar-refractivity contribution < 1.29 is 9.53 Å². The van der Waals surface area contributed by atoms with Gasteiger partial charge >= 0.3 is 0 Å². The van der Waals surface area contributed by atoms with Gasteiger partial charge in [0, 0.05) is 7.05 Å². The van der Waals surface area contributed by atoms with Crippen molar-refractivity contribution in [3.05, 3.63) is 16.2 Å². The Bertz CT molecular complexity index is 201. The Morgan fingerprint density at radius 2 is 2.27 bits per heavy atom. The van der Waals surface area contributed by atoms with Crippen LogP contribution in [-0.2, 0) is 9.53 Å². The van der Waals surface area contributed by atoms with E-state index in [-0.39, 0.29) is 10.8 Å². The van der Waals surface area contributed by atoms with E-state index in [9.17, 15) is 4.79 Å². The normalized spacial score (nSPS) is 11.5. The van der Waals surface area contributed by atoms with Gasteiger partial charge in [-0.15, -0.1) is 0 Å². The maximum atomic E-state index is 10.8. The van der Waals surface area contributed by atoms with E-state index in [2.05, 4.69) is 10.1 Å². The lowest BCUT2D eigenvalue weighted by molar-refractivity contribution is -0.116. The highest BCUT2D eigenvalue weighted by atomic mass is 35.5. The molecule has 0 saturated heterocycles. The molecule has 0 heterocycles. The van der Waals surface area contributed by atoms with Crippen LogP contribution in [0.2, 0.25) is 0 Å². The van der Waals surface area contributed by atoms with Crippen LogP contribution in [0, 0.1) is 0 Å². The topological polar surface area (TPSA) is 60.6 Å². The van der Waals surface area contributed by atoms with Crippen LogP contribution in [0.3, 0.4) is 0 Å². The zero-order valence-electron chi connectivity index (χ0n) is 6.22. The second kappa shape index (κ2) is 4.73. The van der Waals surface area contributed by atoms with Crippen molar-refractivity contribution in [2.45, 2.75) is 0 Å². The molecule has 0 aliphatic carbocycles. The van der Waals surface area contributed by atoms with Crippen molar-refractivity contribution in [1.82, 2.24) is 5.32 Å². The lowest BCUT2D eigenvalue weighted by atomic mass is 10.4. The Morgan fingerprint density at radius 1 is 1.73 bits per heavy atom. The first-order valence-corrected chi connectivity index (χ1v) is 3.18. The van der Waals surface area contributed by atoms with E-state index in [1.165, 1.54) is 14.2 Å². The molecule has 0 radical (unpaired) electrons. The maximum Gasteiger partial charge on any atom is 0.266 e. The van der Waals surface area contributed by atoms with Gasteiger partial charge in [-0.05, 0) is 0 Å². The number of ether oxygens (including phenoxy) is 1. The third-order valence-corrected chi connectivity index (χ3v) is 1.34. The van der Waals surface area contributed by atoms with E-state index < -0.39 is 5.91 Å². The number of rotatable bonds is 3. The van der Waals surface area contributed by atoms with E-state index in [1.807, 2.05) is 0 Å². The summed E-state index contributed by atoms with van der Waals surface area (Å²) in [4.78, 5) is 10.8. The summed E-state index contributed by atoms with van der Waals surface area (Å²) in [5.74, 6) is -0.570. The average Bonchev–Trinajstić information content (AvgIpc) is 2.05. The number of nitrogens with zero attached hydrogens (tertiary/aromatic N) is 1. The molecule has 1 N–H and O–H groups in total. The Balaban J connectivity index is 4.60. The molecule has 0 aliphatic heterocycles. The zero-order chi connectivity index (χ0) is 8.85. The van der Waals surface area contributed by atoms with Crippen LogP contribution in [0.15, 0.2) is 10.8 Å². The fourth-order valence-corrected chi connectivity index (χ4v) is 0.641. The fraction of sp³-hybridized carbons (Fsp3) is 0.333. The first-order valence-electron chi connectivity index (χ1n) is 2.80. The first kappa shape index (κ1) is 9.97. The number of amides is 1. The summed E-state index contributed by atoms with van der Waals surface area (Å²) in [6.07, 6.45) is 0.623. The molecule has 0 bridgehead atoms. The Morgan fingerprint density at radius 3 is 2.55 bits per heavy atom. The number of hydrogen-bond acceptors (Lipinski definition) is 2. The predicted octanol–water partition coefficient (Wildman–Crippen LogP) is 0.469. The van der Waals surface area contributed by atoms with Gasteiger partial charge in [0.05, 0.1) is 7.11 Å². The minimum absolute atomic E-state index is 0.0639. The summed E-state index contributed by atoms with van der Waals surface area (Å²) >= 11 is 5.45. The molecule has 0 fully saturated rings. The van der Waals surface area contributed by atoms with E-state index in [0.717, 1.165) is 0 Å². The minimum atomic E-state index is -0.506. The van der Waals surface area contributed by atoms with Gasteiger partial charge < -0.3 is 15.5 Å². The van der Waals surface area contributed by atoms with Crippen LogP contribution in [0.25, 0.3) is 5.41 Å². The second-order valence-corrected chi connectivity index (χ2v) is 1.97. The van der Waals surface area contributed by atoms with Gasteiger partial charge in [0.2, 0.25) is 0 Å². The zero-order valence-corrected chi connectivity index (χ0v) is 6.97. The molecule has 0 unspecified atom stereocenters. The molecule has 0 aliphatic rings. The fourth-order valence-electron chi connectivity index (χ4n) is 0.421. The third kappa shape index (κ3) is 2.59. The summed E-state index contributed by atoms with van der Waals surface area (Å²) in [6, 6.07) is 0. The average molecular weight is 176 g/mol. The predicted molar refractivity (Wildman–Crippen MR) is 43.4 cm³/mol. The lowest BCUT2D eigenvalue weighted by Gasteiger charge is -2.05. The largest absolute Gasteiger partial charge is 0.808 e. The van der Waals surface area contributed by atoms with Gasteiger partial charge in [-0.25, -0.2) is 0 Å². The Labute approximate surface area is 69.7 Å². The number of allylic oxidation sites excluding steroid dienone is 1. The number of methoxy groups -OCH3 is 1. The number of nitrogens with one attached hydrogen (secondary N) is 1. The molecule has 0 atom stereocenters. The standard InChI is InChI=1S/C6H8ClN2O2/c1-9-6(10)5(7)4(3-8)11-2/h3H,1-2H3,(H,9,10)/q-1/b5-4-. The molecule has 1 amide bonds. The van der Waals surface area contributed by atoms with E-state index in [4.69, 9.17) is 17.0 Å². The molecule has 62 valence electrons. The summed E-state index contributed by atoms with van der Waals surface area (Å²) in [5.41, 5.74) is 0. The van der Waals surface area contributed by atoms with Crippen molar-refractivity contribution in [2.75, 3.05) is 14.2 Å². The molecule has 0 aromatic rings. The van der Waals surface area contributed by atoms with Gasteiger partial charge in [-0.2, -0.15) is 6.21 Å². The molecule has 11 heavy (non-hydrogen) atoms. The molecular formula is C6H8ClN2O2-. The Kier molecular flexibility index (Phi) is 4.29. The van der Waals surface area contributed by atoms with Crippen LogP contribution in [-0.4, -0.2) is 26.3 Å². The van der Waals surface area contributed by atoms with Crippen molar-refractivity contribution in [1.29, 1.82) is 0 Å². The van der Waals surface area contributed by atoms with E-state index in [0.29, 0.717) is 6.21 Å². The molecule has 0 aromatic carbocycles. The lowest BCUT2D eigenvalue weighted by Crippen LogP contribution is -2.19.